The molecular weight excluding hydrogens is 534 g/mol. The van der Waals surface area contributed by atoms with Crippen LogP contribution in [0, 0.1) is 6.92 Å². The van der Waals surface area contributed by atoms with Crippen LogP contribution in [0.5, 0.6) is 5.75 Å². The first-order valence-corrected chi connectivity index (χ1v) is 14.0. The lowest BCUT2D eigenvalue weighted by molar-refractivity contribution is -0.113. The topological polar surface area (TPSA) is 124 Å². The van der Waals surface area contributed by atoms with E-state index in [1.165, 1.54) is 23.1 Å². The lowest BCUT2D eigenvalue weighted by Crippen LogP contribution is -2.25. The molecule has 2 aromatic heterocycles. The van der Waals surface area contributed by atoms with Gasteiger partial charge in [0, 0.05) is 11.3 Å². The molecule has 2 heterocycles. The van der Waals surface area contributed by atoms with Gasteiger partial charge in [-0.2, -0.15) is 0 Å². The van der Waals surface area contributed by atoms with Gasteiger partial charge in [-0.1, -0.05) is 59.5 Å². The standard InChI is InChI=1S/C27H25N7O3S2/c1-3-37-20-13-11-19(12-14-20)34-23(15-28-25(36)22-10-6-8-18-7-4-5-9-21(18)22)31-33-27(34)38-16-24(35)29-26-32-30-17(2)39-26/h4-14H,3,15-16H2,1-2H3,(H,28,36)(H,29,32,35). The molecule has 0 atom stereocenters. The summed E-state index contributed by atoms with van der Waals surface area (Å²) in [6.07, 6.45) is 0. The quantitative estimate of drug-likeness (QED) is 0.237. The minimum absolute atomic E-state index is 0.0934. The van der Waals surface area contributed by atoms with Crippen LogP contribution in [0.3, 0.4) is 0 Å². The number of hydrogen-bond donors (Lipinski definition) is 2. The number of fused-ring (bicyclic) bond motifs is 1. The molecule has 0 radical (unpaired) electrons. The van der Waals surface area contributed by atoms with Crippen LogP contribution in [-0.4, -0.2) is 49.1 Å². The molecule has 5 aromatic rings. The summed E-state index contributed by atoms with van der Waals surface area (Å²) in [4.78, 5) is 25.7. The van der Waals surface area contributed by atoms with Gasteiger partial charge in [0.25, 0.3) is 5.91 Å². The molecular formula is C27H25N7O3S2. The van der Waals surface area contributed by atoms with Gasteiger partial charge in [-0.15, -0.1) is 20.4 Å². The predicted molar refractivity (Wildman–Crippen MR) is 152 cm³/mol. The van der Waals surface area contributed by atoms with Crippen LogP contribution in [0.4, 0.5) is 5.13 Å². The number of benzene rings is 3. The van der Waals surface area contributed by atoms with Gasteiger partial charge >= 0.3 is 0 Å². The number of thioether (sulfide) groups is 1. The summed E-state index contributed by atoms with van der Waals surface area (Å²) in [5.74, 6) is 0.907. The molecule has 0 bridgehead atoms. The second-order valence-electron chi connectivity index (χ2n) is 8.33. The second-order valence-corrected chi connectivity index (χ2v) is 10.5. The van der Waals surface area contributed by atoms with Crippen molar-refractivity contribution >= 4 is 50.8 Å². The van der Waals surface area contributed by atoms with Crippen LogP contribution in [0.15, 0.2) is 71.9 Å². The third-order valence-electron chi connectivity index (χ3n) is 5.65. The Morgan fingerprint density at radius 2 is 1.77 bits per heavy atom. The number of amides is 2. The monoisotopic (exact) mass is 559 g/mol. The van der Waals surface area contributed by atoms with Gasteiger partial charge in [0.15, 0.2) is 11.0 Å². The maximum Gasteiger partial charge on any atom is 0.252 e. The molecule has 0 saturated carbocycles. The summed E-state index contributed by atoms with van der Waals surface area (Å²) in [6.45, 7) is 4.44. The summed E-state index contributed by atoms with van der Waals surface area (Å²) in [7, 11) is 0. The number of nitrogens with zero attached hydrogens (tertiary/aromatic N) is 5. The molecule has 2 amide bonds. The number of carbonyl (C=O) groups excluding carboxylic acids is 2. The van der Waals surface area contributed by atoms with Gasteiger partial charge < -0.3 is 10.1 Å². The number of anilines is 1. The highest BCUT2D eigenvalue weighted by molar-refractivity contribution is 7.99. The van der Waals surface area contributed by atoms with Crippen molar-refractivity contribution in [1.82, 2.24) is 30.3 Å². The van der Waals surface area contributed by atoms with Gasteiger partial charge in [-0.3, -0.25) is 19.5 Å². The van der Waals surface area contributed by atoms with E-state index in [-0.39, 0.29) is 24.1 Å². The Bertz CT molecular complexity index is 1610. The third kappa shape index (κ3) is 6.24. The van der Waals surface area contributed by atoms with Crippen LogP contribution in [0.25, 0.3) is 16.5 Å². The molecule has 39 heavy (non-hydrogen) atoms. The van der Waals surface area contributed by atoms with Gasteiger partial charge in [0.1, 0.15) is 10.8 Å². The Balaban J connectivity index is 1.36. The lowest BCUT2D eigenvalue weighted by Gasteiger charge is -2.12. The number of hydrogen-bond acceptors (Lipinski definition) is 9. The van der Waals surface area contributed by atoms with E-state index in [0.29, 0.717) is 28.3 Å². The van der Waals surface area contributed by atoms with Crippen molar-refractivity contribution in [2.45, 2.75) is 25.5 Å². The summed E-state index contributed by atoms with van der Waals surface area (Å²) in [6, 6.07) is 20.9. The van der Waals surface area contributed by atoms with E-state index in [1.807, 2.05) is 79.1 Å². The molecule has 2 N–H and O–H groups in total. The number of rotatable bonds is 10. The SMILES string of the molecule is CCOc1ccc(-n2c(CNC(=O)c3cccc4ccccc34)nnc2SCC(=O)Nc2nnc(C)s2)cc1. The first-order valence-electron chi connectivity index (χ1n) is 12.2. The van der Waals surface area contributed by atoms with Crippen LogP contribution in [-0.2, 0) is 11.3 Å². The molecule has 12 heteroatoms. The summed E-state index contributed by atoms with van der Waals surface area (Å²) in [5, 5.41) is 25.8. The highest BCUT2D eigenvalue weighted by Crippen LogP contribution is 2.25. The van der Waals surface area contributed by atoms with Gasteiger partial charge in [-0.05, 0) is 55.0 Å². The zero-order valence-corrected chi connectivity index (χ0v) is 22.9. The normalized spacial score (nSPS) is 10.9. The maximum atomic E-state index is 13.1. The van der Waals surface area contributed by atoms with Crippen LogP contribution < -0.4 is 15.4 Å². The Morgan fingerprint density at radius 1 is 0.974 bits per heavy atom. The van der Waals surface area contributed by atoms with Gasteiger partial charge in [0.05, 0.1) is 18.9 Å². The Labute approximate surface area is 232 Å². The molecule has 0 unspecified atom stereocenters. The minimum Gasteiger partial charge on any atom is -0.494 e. The number of ether oxygens (including phenoxy) is 1. The Hall–Kier alpha value is -4.29. The zero-order valence-electron chi connectivity index (χ0n) is 21.2. The van der Waals surface area contributed by atoms with Gasteiger partial charge in [0.2, 0.25) is 11.0 Å². The highest BCUT2D eigenvalue weighted by atomic mass is 32.2. The molecule has 3 aromatic carbocycles. The molecule has 0 saturated heterocycles. The summed E-state index contributed by atoms with van der Waals surface area (Å²) < 4.78 is 7.40. The highest BCUT2D eigenvalue weighted by Gasteiger charge is 2.18. The number of nitrogens with one attached hydrogen (secondary N) is 2. The van der Waals surface area contributed by atoms with Gasteiger partial charge in [-0.25, -0.2) is 0 Å². The van der Waals surface area contributed by atoms with Crippen LogP contribution >= 0.6 is 23.1 Å². The van der Waals surface area contributed by atoms with E-state index in [2.05, 4.69) is 31.0 Å². The smallest absolute Gasteiger partial charge is 0.252 e. The maximum absolute atomic E-state index is 13.1. The fourth-order valence-corrected chi connectivity index (χ4v) is 5.32. The van der Waals surface area contributed by atoms with E-state index >= 15 is 0 Å². The molecule has 10 nitrogen and oxygen atoms in total. The van der Waals surface area contributed by atoms with Crippen molar-refractivity contribution in [2.75, 3.05) is 17.7 Å². The van der Waals surface area contributed by atoms with E-state index in [4.69, 9.17) is 4.74 Å². The fraction of sp³-hybridized carbons (Fsp3) is 0.185. The van der Waals surface area contributed by atoms with Crippen molar-refractivity contribution in [3.8, 4) is 11.4 Å². The molecule has 0 aliphatic heterocycles. The average Bonchev–Trinajstić information content (AvgIpc) is 3.56. The summed E-state index contributed by atoms with van der Waals surface area (Å²) >= 11 is 2.54. The van der Waals surface area contributed by atoms with Crippen molar-refractivity contribution in [2.24, 2.45) is 0 Å². The van der Waals surface area contributed by atoms with E-state index in [9.17, 15) is 9.59 Å². The molecule has 0 aliphatic carbocycles. The zero-order chi connectivity index (χ0) is 27.2. The van der Waals surface area contributed by atoms with Crippen molar-refractivity contribution < 1.29 is 14.3 Å². The number of aryl methyl sites for hydroxylation is 1. The van der Waals surface area contributed by atoms with Crippen molar-refractivity contribution in [3.63, 3.8) is 0 Å². The number of aromatic nitrogens is 5. The number of carbonyl (C=O) groups is 2. The Kier molecular flexibility index (Phi) is 8.13. The minimum atomic E-state index is -0.233. The van der Waals surface area contributed by atoms with Crippen molar-refractivity contribution in [3.05, 3.63) is 83.1 Å². The molecule has 0 fully saturated rings. The molecule has 198 valence electrons. The van der Waals surface area contributed by atoms with Crippen LogP contribution in [0.1, 0.15) is 28.1 Å². The van der Waals surface area contributed by atoms with E-state index in [1.54, 1.807) is 6.07 Å². The lowest BCUT2D eigenvalue weighted by atomic mass is 10.0. The van der Waals surface area contributed by atoms with E-state index in [0.717, 1.165) is 27.2 Å². The largest absolute Gasteiger partial charge is 0.494 e. The van der Waals surface area contributed by atoms with Crippen LogP contribution in [0.2, 0.25) is 0 Å². The summed E-state index contributed by atoms with van der Waals surface area (Å²) in [5.41, 5.74) is 1.36. The average molecular weight is 560 g/mol. The molecule has 0 spiro atoms. The molecule has 0 aliphatic rings. The second kappa shape index (κ2) is 12.0. The molecule has 5 rings (SSSR count). The predicted octanol–water partition coefficient (Wildman–Crippen LogP) is 4.64. The van der Waals surface area contributed by atoms with E-state index < -0.39 is 0 Å². The Morgan fingerprint density at radius 3 is 2.54 bits per heavy atom. The first kappa shape index (κ1) is 26.3. The first-order chi connectivity index (χ1) is 19.0. The fourth-order valence-electron chi connectivity index (χ4n) is 3.94. The third-order valence-corrected chi connectivity index (χ3v) is 7.34. The van der Waals surface area contributed by atoms with Crippen molar-refractivity contribution in [1.29, 1.82) is 0 Å².